The lowest BCUT2D eigenvalue weighted by Crippen LogP contribution is -2.43. The minimum atomic E-state index is -0.199. The predicted molar refractivity (Wildman–Crippen MR) is 90.7 cm³/mol. The Bertz CT molecular complexity index is 887. The van der Waals surface area contributed by atoms with Crippen molar-refractivity contribution < 1.29 is 9.15 Å². The molecule has 1 aromatic heterocycles. The number of nitrogens with one attached hydrogen (secondary N) is 1. The van der Waals surface area contributed by atoms with E-state index in [1.807, 2.05) is 48.5 Å². The molecule has 0 unspecified atom stereocenters. The van der Waals surface area contributed by atoms with Crippen LogP contribution in [-0.4, -0.2) is 5.01 Å². The molecule has 0 amide bonds. The molecule has 0 saturated carbocycles. The smallest absolute Gasteiger partial charge is 0.195 e. The van der Waals surface area contributed by atoms with E-state index in [0.717, 1.165) is 28.3 Å². The van der Waals surface area contributed by atoms with E-state index < -0.39 is 0 Å². The van der Waals surface area contributed by atoms with Gasteiger partial charge in [-0.1, -0.05) is 48.5 Å². The van der Waals surface area contributed by atoms with Gasteiger partial charge in [-0.2, -0.15) is 5.01 Å². The predicted octanol–water partition coefficient (Wildman–Crippen LogP) is 4.27. The number of nitrogens with zero attached hydrogens (tertiary/aromatic N) is 1. The van der Waals surface area contributed by atoms with Crippen LogP contribution in [0.1, 0.15) is 29.2 Å². The summed E-state index contributed by atoms with van der Waals surface area (Å²) >= 11 is 0. The van der Waals surface area contributed by atoms with E-state index in [1.54, 1.807) is 6.26 Å². The zero-order valence-electron chi connectivity index (χ0n) is 12.9. The van der Waals surface area contributed by atoms with Gasteiger partial charge in [-0.15, -0.1) is 0 Å². The first kappa shape index (κ1) is 13.5. The van der Waals surface area contributed by atoms with Gasteiger partial charge < -0.3 is 14.6 Å². The summed E-state index contributed by atoms with van der Waals surface area (Å²) in [5.41, 5.74) is 6.69. The number of hydrogen-bond acceptors (Lipinski definition) is 4. The number of furan rings is 1. The van der Waals surface area contributed by atoms with Crippen molar-refractivity contribution in [2.24, 2.45) is 0 Å². The number of para-hydroxylation sites is 1. The first-order valence-corrected chi connectivity index (χ1v) is 8.01. The molecule has 2 atom stereocenters. The van der Waals surface area contributed by atoms with Gasteiger partial charge in [-0.3, -0.25) is 0 Å². The van der Waals surface area contributed by atoms with Gasteiger partial charge in [0.05, 0.1) is 18.0 Å². The quantitative estimate of drug-likeness (QED) is 0.766. The molecule has 0 saturated heterocycles. The van der Waals surface area contributed by atoms with Crippen molar-refractivity contribution in [3.8, 4) is 5.75 Å². The van der Waals surface area contributed by atoms with E-state index in [4.69, 9.17) is 9.15 Å². The third-order valence-electron chi connectivity index (χ3n) is 4.47. The highest BCUT2D eigenvalue weighted by atomic mass is 16.5. The van der Waals surface area contributed by atoms with Crippen LogP contribution in [0.3, 0.4) is 0 Å². The van der Waals surface area contributed by atoms with Crippen molar-refractivity contribution in [3.63, 3.8) is 0 Å². The SMILES string of the molecule is C1=C(c2ccco2)NN2[C@@H](c3ccccc3)Oc3ccccc3[C@H]12. The highest BCUT2D eigenvalue weighted by molar-refractivity contribution is 5.64. The fourth-order valence-corrected chi connectivity index (χ4v) is 3.35. The normalized spacial score (nSPS) is 22.1. The molecular weight excluding hydrogens is 300 g/mol. The van der Waals surface area contributed by atoms with Crippen molar-refractivity contribution in [3.05, 3.63) is 96.0 Å². The van der Waals surface area contributed by atoms with Crippen molar-refractivity contribution in [2.75, 3.05) is 0 Å². The third-order valence-corrected chi connectivity index (χ3v) is 4.47. The van der Waals surface area contributed by atoms with Crippen LogP contribution in [0, 0.1) is 0 Å². The van der Waals surface area contributed by atoms with Crippen molar-refractivity contribution in [1.29, 1.82) is 0 Å². The minimum Gasteiger partial charge on any atom is -0.469 e. The molecule has 1 N–H and O–H groups in total. The van der Waals surface area contributed by atoms with Gasteiger partial charge in [0.2, 0.25) is 0 Å². The molecule has 0 aliphatic carbocycles. The van der Waals surface area contributed by atoms with Gasteiger partial charge in [-0.25, -0.2) is 0 Å². The lowest BCUT2D eigenvalue weighted by Gasteiger charge is -2.38. The minimum absolute atomic E-state index is 0.0975. The first-order chi connectivity index (χ1) is 11.9. The second-order valence-electron chi connectivity index (χ2n) is 5.94. The molecule has 0 bridgehead atoms. The van der Waals surface area contributed by atoms with Gasteiger partial charge in [-0.05, 0) is 24.3 Å². The lowest BCUT2D eigenvalue weighted by atomic mass is 10.0. The maximum Gasteiger partial charge on any atom is 0.195 e. The maximum absolute atomic E-state index is 6.30. The van der Waals surface area contributed by atoms with Crippen molar-refractivity contribution in [1.82, 2.24) is 10.4 Å². The molecule has 4 heteroatoms. The van der Waals surface area contributed by atoms with Crippen LogP contribution in [0.2, 0.25) is 0 Å². The van der Waals surface area contributed by atoms with Gasteiger partial charge in [0.15, 0.2) is 12.0 Å². The summed E-state index contributed by atoms with van der Waals surface area (Å²) in [6.07, 6.45) is 3.68. The molecule has 2 aliphatic heterocycles. The summed E-state index contributed by atoms with van der Waals surface area (Å²) < 4.78 is 11.9. The van der Waals surface area contributed by atoms with Crippen molar-refractivity contribution in [2.45, 2.75) is 12.3 Å². The zero-order valence-corrected chi connectivity index (χ0v) is 12.9. The third kappa shape index (κ3) is 2.04. The number of hydrazine groups is 1. The van der Waals surface area contributed by atoms with E-state index in [9.17, 15) is 0 Å². The largest absolute Gasteiger partial charge is 0.469 e. The summed E-state index contributed by atoms with van der Waals surface area (Å²) in [5, 5.41) is 2.13. The Balaban J connectivity index is 1.61. The molecule has 3 aromatic rings. The Labute approximate surface area is 139 Å². The average molecular weight is 316 g/mol. The molecular formula is C20H16N2O2. The highest BCUT2D eigenvalue weighted by Gasteiger charge is 2.40. The molecule has 0 fully saturated rings. The van der Waals surface area contributed by atoms with Crippen LogP contribution < -0.4 is 10.2 Å². The topological polar surface area (TPSA) is 37.6 Å². The summed E-state index contributed by atoms with van der Waals surface area (Å²) in [4.78, 5) is 0. The molecule has 0 spiro atoms. The highest BCUT2D eigenvalue weighted by Crippen LogP contribution is 2.45. The van der Waals surface area contributed by atoms with Crippen LogP contribution >= 0.6 is 0 Å². The Morgan fingerprint density at radius 1 is 0.875 bits per heavy atom. The van der Waals surface area contributed by atoms with E-state index in [1.165, 1.54) is 0 Å². The Kier molecular flexibility index (Phi) is 2.96. The zero-order chi connectivity index (χ0) is 15.9. The number of rotatable bonds is 2. The van der Waals surface area contributed by atoms with E-state index in [0.29, 0.717) is 0 Å². The Morgan fingerprint density at radius 3 is 2.54 bits per heavy atom. The molecule has 24 heavy (non-hydrogen) atoms. The maximum atomic E-state index is 6.30. The fraction of sp³-hybridized carbons (Fsp3) is 0.100. The number of fused-ring (bicyclic) bond motifs is 3. The molecule has 2 aromatic carbocycles. The van der Waals surface area contributed by atoms with Crippen molar-refractivity contribution >= 4 is 5.70 Å². The fourth-order valence-electron chi connectivity index (χ4n) is 3.35. The lowest BCUT2D eigenvalue weighted by molar-refractivity contribution is -0.0328. The van der Waals surface area contributed by atoms with Gasteiger partial charge >= 0.3 is 0 Å². The molecule has 118 valence electrons. The molecule has 3 heterocycles. The number of hydrogen-bond donors (Lipinski definition) is 1. The van der Waals surface area contributed by atoms with Crippen LogP contribution in [-0.2, 0) is 0 Å². The molecule has 2 aliphatic rings. The van der Waals surface area contributed by atoms with E-state index in [-0.39, 0.29) is 12.3 Å². The second kappa shape index (κ2) is 5.28. The first-order valence-electron chi connectivity index (χ1n) is 8.01. The molecule has 0 radical (unpaired) electrons. The number of ether oxygens (including phenoxy) is 1. The second-order valence-corrected chi connectivity index (χ2v) is 5.94. The van der Waals surface area contributed by atoms with E-state index >= 15 is 0 Å². The molecule has 4 nitrogen and oxygen atoms in total. The van der Waals surface area contributed by atoms with Crippen LogP contribution in [0.5, 0.6) is 5.75 Å². The monoisotopic (exact) mass is 316 g/mol. The number of benzene rings is 2. The van der Waals surface area contributed by atoms with Gasteiger partial charge in [0.1, 0.15) is 5.75 Å². The Hall–Kier alpha value is -2.98. The summed E-state index contributed by atoms with van der Waals surface area (Å²) in [5.74, 6) is 1.75. The Morgan fingerprint density at radius 2 is 1.71 bits per heavy atom. The van der Waals surface area contributed by atoms with Crippen LogP contribution in [0.25, 0.3) is 5.70 Å². The summed E-state index contributed by atoms with van der Waals surface area (Å²) in [6, 6.07) is 22.4. The van der Waals surface area contributed by atoms with Crippen LogP contribution in [0.15, 0.2) is 83.5 Å². The average Bonchev–Trinajstić information content (AvgIpc) is 3.31. The van der Waals surface area contributed by atoms with E-state index in [2.05, 4.69) is 34.7 Å². The van der Waals surface area contributed by atoms with Gasteiger partial charge in [0, 0.05) is 11.1 Å². The van der Waals surface area contributed by atoms with Gasteiger partial charge in [0.25, 0.3) is 0 Å². The van der Waals surface area contributed by atoms with Crippen LogP contribution in [0.4, 0.5) is 0 Å². The summed E-state index contributed by atoms with van der Waals surface area (Å²) in [6.45, 7) is 0. The molecule has 5 rings (SSSR count). The summed E-state index contributed by atoms with van der Waals surface area (Å²) in [7, 11) is 0. The standard InChI is InChI=1S/C20H16N2O2/c1-2-7-14(8-3-1)20-22-17(15-9-4-5-10-18(15)24-20)13-16(21-22)19-11-6-12-23-19/h1-13,17,20-21H/t17-,20+/m0/s1.